The molecule has 4 aliphatic rings. The average molecular weight is 402 g/mol. The Morgan fingerprint density at radius 3 is 2.32 bits per heavy atom. The molecule has 6 heteroatoms. The van der Waals surface area contributed by atoms with E-state index in [-0.39, 0.29) is 22.3 Å². The summed E-state index contributed by atoms with van der Waals surface area (Å²) in [4.78, 5) is 13.0. The van der Waals surface area contributed by atoms with Crippen LogP contribution in [0.5, 0.6) is 0 Å². The molecule has 2 aromatic rings. The lowest BCUT2D eigenvalue weighted by atomic mass is 9.49. The van der Waals surface area contributed by atoms with E-state index in [1.807, 2.05) is 0 Å². The van der Waals surface area contributed by atoms with Crippen LogP contribution in [-0.2, 0) is 0 Å². The predicted molar refractivity (Wildman–Crippen MR) is 106 cm³/mol. The Morgan fingerprint density at radius 2 is 1.75 bits per heavy atom. The predicted octanol–water partition coefficient (Wildman–Crippen LogP) is 4.92. The van der Waals surface area contributed by atoms with E-state index in [1.54, 1.807) is 19.1 Å². The highest BCUT2D eigenvalue weighted by Crippen LogP contribution is 2.59. The standard InChI is InChI=1S/C22H25ClFN3O/c1-13-19(20(23)27(26-13)18-4-2-17(24)3-5-18)21(28)25-12-22-9-14-6-15(10-22)8-16(7-14)11-22/h2-5,14-16H,6-12H2,1H3,(H,25,28). The molecule has 28 heavy (non-hydrogen) atoms. The van der Waals surface area contributed by atoms with E-state index in [9.17, 15) is 9.18 Å². The second kappa shape index (κ2) is 6.58. The van der Waals surface area contributed by atoms with Crippen LogP contribution < -0.4 is 5.32 Å². The average Bonchev–Trinajstić information content (AvgIpc) is 2.94. The van der Waals surface area contributed by atoms with Crippen molar-refractivity contribution in [3.63, 3.8) is 0 Å². The van der Waals surface area contributed by atoms with Crippen LogP contribution >= 0.6 is 11.6 Å². The third kappa shape index (κ3) is 3.04. The molecule has 0 unspecified atom stereocenters. The fourth-order valence-electron chi connectivity index (χ4n) is 6.37. The van der Waals surface area contributed by atoms with Crippen LogP contribution in [0.15, 0.2) is 24.3 Å². The molecular weight excluding hydrogens is 377 g/mol. The molecule has 0 spiro atoms. The number of nitrogens with one attached hydrogen (secondary N) is 1. The van der Waals surface area contributed by atoms with Gasteiger partial charge in [0.1, 0.15) is 11.0 Å². The Balaban J connectivity index is 1.34. The Kier molecular flexibility index (Phi) is 4.27. The Morgan fingerprint density at radius 1 is 1.18 bits per heavy atom. The molecule has 4 bridgehead atoms. The molecule has 1 amide bonds. The van der Waals surface area contributed by atoms with Crippen LogP contribution in [0.2, 0.25) is 5.15 Å². The van der Waals surface area contributed by atoms with Gasteiger partial charge in [-0.05, 0) is 92.9 Å². The SMILES string of the molecule is Cc1nn(-c2ccc(F)cc2)c(Cl)c1C(=O)NCC12CC3CC(CC(C3)C1)C2. The van der Waals surface area contributed by atoms with Crippen LogP contribution in [0.3, 0.4) is 0 Å². The first-order valence-corrected chi connectivity index (χ1v) is 10.6. The Bertz CT molecular complexity index is 885. The summed E-state index contributed by atoms with van der Waals surface area (Å²) in [5.41, 5.74) is 1.90. The van der Waals surface area contributed by atoms with Crippen molar-refractivity contribution in [2.75, 3.05) is 6.54 Å². The maximum absolute atomic E-state index is 13.2. The number of halogens is 2. The molecule has 4 nitrogen and oxygen atoms in total. The number of carbonyl (C=O) groups excluding carboxylic acids is 1. The lowest BCUT2D eigenvalue weighted by molar-refractivity contribution is -0.0503. The summed E-state index contributed by atoms with van der Waals surface area (Å²) in [7, 11) is 0. The van der Waals surface area contributed by atoms with E-state index in [0.29, 0.717) is 16.9 Å². The van der Waals surface area contributed by atoms with Gasteiger partial charge in [0.2, 0.25) is 0 Å². The summed E-state index contributed by atoms with van der Waals surface area (Å²) < 4.78 is 14.7. The first kappa shape index (κ1) is 18.2. The molecule has 0 atom stereocenters. The molecule has 6 rings (SSSR count). The lowest BCUT2D eigenvalue weighted by Crippen LogP contribution is -2.51. The zero-order valence-corrected chi connectivity index (χ0v) is 16.8. The third-order valence-corrected chi connectivity index (χ3v) is 7.44. The van der Waals surface area contributed by atoms with Crippen molar-refractivity contribution in [2.45, 2.75) is 45.4 Å². The van der Waals surface area contributed by atoms with Gasteiger partial charge in [0.05, 0.1) is 16.9 Å². The van der Waals surface area contributed by atoms with E-state index >= 15 is 0 Å². The van der Waals surface area contributed by atoms with Gasteiger partial charge < -0.3 is 5.32 Å². The summed E-state index contributed by atoms with van der Waals surface area (Å²) in [5, 5.41) is 7.85. The summed E-state index contributed by atoms with van der Waals surface area (Å²) in [5.74, 6) is 2.09. The zero-order chi connectivity index (χ0) is 19.5. The van der Waals surface area contributed by atoms with E-state index in [2.05, 4.69) is 10.4 Å². The van der Waals surface area contributed by atoms with E-state index in [1.165, 1.54) is 55.3 Å². The number of aromatic nitrogens is 2. The minimum absolute atomic E-state index is 0.161. The fraction of sp³-hybridized carbons (Fsp3) is 0.545. The molecule has 0 radical (unpaired) electrons. The smallest absolute Gasteiger partial charge is 0.256 e. The largest absolute Gasteiger partial charge is 0.351 e. The molecule has 148 valence electrons. The molecule has 1 heterocycles. The van der Waals surface area contributed by atoms with Crippen molar-refractivity contribution in [1.29, 1.82) is 0 Å². The van der Waals surface area contributed by atoms with Crippen molar-refractivity contribution < 1.29 is 9.18 Å². The summed E-state index contributed by atoms with van der Waals surface area (Å²) in [6.45, 7) is 2.51. The summed E-state index contributed by atoms with van der Waals surface area (Å²) >= 11 is 6.50. The van der Waals surface area contributed by atoms with Crippen molar-refractivity contribution >= 4 is 17.5 Å². The quantitative estimate of drug-likeness (QED) is 0.790. The normalized spacial score (nSPS) is 30.6. The first-order chi connectivity index (χ1) is 13.4. The Labute approximate surface area is 169 Å². The Hall–Kier alpha value is -1.88. The van der Waals surface area contributed by atoms with Crippen molar-refractivity contribution in [2.24, 2.45) is 23.2 Å². The monoisotopic (exact) mass is 401 g/mol. The number of rotatable bonds is 4. The number of aryl methyl sites for hydroxylation is 1. The van der Waals surface area contributed by atoms with Crippen LogP contribution in [-0.4, -0.2) is 22.2 Å². The van der Waals surface area contributed by atoms with E-state index in [4.69, 9.17) is 11.6 Å². The molecule has 1 aromatic heterocycles. The number of benzene rings is 1. The number of carbonyl (C=O) groups is 1. The van der Waals surface area contributed by atoms with Gasteiger partial charge in [-0.2, -0.15) is 5.10 Å². The molecule has 4 saturated carbocycles. The van der Waals surface area contributed by atoms with Gasteiger partial charge in [-0.1, -0.05) is 11.6 Å². The summed E-state index contributed by atoms with van der Waals surface area (Å²) in [6, 6.07) is 5.92. The second-order valence-corrected chi connectivity index (χ2v) is 9.60. The third-order valence-electron chi connectivity index (χ3n) is 7.09. The molecular formula is C22H25ClFN3O. The van der Waals surface area contributed by atoms with Crippen LogP contribution in [0.1, 0.15) is 54.6 Å². The highest BCUT2D eigenvalue weighted by Gasteiger charge is 2.50. The van der Waals surface area contributed by atoms with E-state index < -0.39 is 0 Å². The number of nitrogens with zero attached hydrogens (tertiary/aromatic N) is 2. The van der Waals surface area contributed by atoms with Crippen LogP contribution in [0.4, 0.5) is 4.39 Å². The first-order valence-electron chi connectivity index (χ1n) is 10.2. The maximum Gasteiger partial charge on any atom is 0.256 e. The highest BCUT2D eigenvalue weighted by molar-refractivity contribution is 6.33. The van der Waals surface area contributed by atoms with Crippen molar-refractivity contribution in [3.8, 4) is 5.69 Å². The molecule has 1 aromatic carbocycles. The summed E-state index contributed by atoms with van der Waals surface area (Å²) in [6.07, 6.45) is 7.93. The van der Waals surface area contributed by atoms with Crippen molar-refractivity contribution in [1.82, 2.24) is 15.1 Å². The molecule has 4 aliphatic carbocycles. The van der Waals surface area contributed by atoms with Gasteiger partial charge >= 0.3 is 0 Å². The van der Waals surface area contributed by atoms with Gasteiger partial charge in [0.25, 0.3) is 5.91 Å². The molecule has 1 N–H and O–H groups in total. The highest BCUT2D eigenvalue weighted by atomic mass is 35.5. The van der Waals surface area contributed by atoms with Gasteiger partial charge in [0, 0.05) is 6.54 Å². The minimum atomic E-state index is -0.322. The van der Waals surface area contributed by atoms with Crippen LogP contribution in [0, 0.1) is 35.9 Å². The fourth-order valence-corrected chi connectivity index (χ4v) is 6.73. The number of hydrogen-bond donors (Lipinski definition) is 1. The number of hydrogen-bond acceptors (Lipinski definition) is 2. The van der Waals surface area contributed by atoms with E-state index in [0.717, 1.165) is 24.3 Å². The maximum atomic E-state index is 13.2. The lowest BCUT2D eigenvalue weighted by Gasteiger charge is -2.56. The number of amides is 1. The van der Waals surface area contributed by atoms with Gasteiger partial charge in [-0.15, -0.1) is 0 Å². The zero-order valence-electron chi connectivity index (χ0n) is 16.0. The molecule has 4 fully saturated rings. The van der Waals surface area contributed by atoms with Gasteiger partial charge in [0.15, 0.2) is 0 Å². The van der Waals surface area contributed by atoms with Gasteiger partial charge in [-0.3, -0.25) is 4.79 Å². The van der Waals surface area contributed by atoms with Crippen molar-refractivity contribution in [3.05, 3.63) is 46.5 Å². The minimum Gasteiger partial charge on any atom is -0.351 e. The van der Waals surface area contributed by atoms with Gasteiger partial charge in [-0.25, -0.2) is 9.07 Å². The van der Waals surface area contributed by atoms with Crippen LogP contribution in [0.25, 0.3) is 5.69 Å². The molecule has 0 saturated heterocycles. The second-order valence-electron chi connectivity index (χ2n) is 9.24. The molecule has 0 aliphatic heterocycles. The topological polar surface area (TPSA) is 46.9 Å².